The molecule has 0 saturated carbocycles. The van der Waals surface area contributed by atoms with Gasteiger partial charge in [0, 0.05) is 17.5 Å². The number of hydrogen-bond acceptors (Lipinski definition) is 3. The van der Waals surface area contributed by atoms with Crippen molar-refractivity contribution in [2.45, 2.75) is 19.4 Å². The van der Waals surface area contributed by atoms with Crippen molar-refractivity contribution in [3.05, 3.63) is 42.0 Å². The highest BCUT2D eigenvalue weighted by molar-refractivity contribution is 6.03. The van der Waals surface area contributed by atoms with Gasteiger partial charge >= 0.3 is 0 Å². The predicted molar refractivity (Wildman–Crippen MR) is 76.2 cm³/mol. The maximum Gasteiger partial charge on any atom is 0.255 e. The first-order valence-corrected chi connectivity index (χ1v) is 6.16. The summed E-state index contributed by atoms with van der Waals surface area (Å²) in [5.41, 5.74) is 5.60. The smallest absolute Gasteiger partial charge is 0.255 e. The highest BCUT2D eigenvalue weighted by atomic mass is 16.3. The zero-order valence-corrected chi connectivity index (χ0v) is 11.1. The molecule has 0 radical (unpaired) electrons. The quantitative estimate of drug-likeness (QED) is 0.788. The van der Waals surface area contributed by atoms with Crippen LogP contribution < -0.4 is 11.1 Å². The lowest BCUT2D eigenvalue weighted by Crippen LogP contribution is -2.45. The van der Waals surface area contributed by atoms with Crippen LogP contribution in [0, 0.1) is 0 Å². The van der Waals surface area contributed by atoms with Crippen LogP contribution in [0.25, 0.3) is 10.8 Å². The molecule has 4 nitrogen and oxygen atoms in total. The van der Waals surface area contributed by atoms with Gasteiger partial charge in [-0.15, -0.1) is 0 Å². The number of rotatable bonds is 3. The minimum Gasteiger partial charge on any atom is -0.506 e. The van der Waals surface area contributed by atoms with Crippen molar-refractivity contribution in [3.8, 4) is 5.75 Å². The first-order chi connectivity index (χ1) is 8.88. The van der Waals surface area contributed by atoms with Gasteiger partial charge in [0.2, 0.25) is 0 Å². The molecule has 0 aromatic heterocycles. The molecule has 0 fully saturated rings. The van der Waals surface area contributed by atoms with E-state index in [1.54, 1.807) is 12.1 Å². The molecule has 1 amide bonds. The molecule has 0 atom stereocenters. The van der Waals surface area contributed by atoms with E-state index >= 15 is 0 Å². The number of benzene rings is 2. The first kappa shape index (κ1) is 13.4. The normalized spacial score (nSPS) is 11.5. The summed E-state index contributed by atoms with van der Waals surface area (Å²) in [5, 5.41) is 14.4. The first-order valence-electron chi connectivity index (χ1n) is 6.16. The molecule has 2 rings (SSSR count). The monoisotopic (exact) mass is 258 g/mol. The Morgan fingerprint density at radius 2 is 1.95 bits per heavy atom. The summed E-state index contributed by atoms with van der Waals surface area (Å²) in [4.78, 5) is 12.0. The average Bonchev–Trinajstić information content (AvgIpc) is 2.36. The van der Waals surface area contributed by atoms with E-state index in [2.05, 4.69) is 5.32 Å². The van der Waals surface area contributed by atoms with Crippen LogP contribution in [0.15, 0.2) is 36.4 Å². The predicted octanol–water partition coefficient (Wildman–Crippen LogP) is 2.01. The Kier molecular flexibility index (Phi) is 3.44. The van der Waals surface area contributed by atoms with Crippen LogP contribution in [-0.2, 0) is 0 Å². The van der Waals surface area contributed by atoms with Crippen molar-refractivity contribution in [1.82, 2.24) is 5.32 Å². The maximum atomic E-state index is 12.0. The number of nitrogens with two attached hydrogens (primary N) is 1. The molecule has 0 aliphatic rings. The number of aromatic hydroxyl groups is 1. The van der Waals surface area contributed by atoms with Crippen molar-refractivity contribution in [1.29, 1.82) is 0 Å². The second-order valence-corrected chi connectivity index (χ2v) is 5.35. The van der Waals surface area contributed by atoms with Crippen LogP contribution in [-0.4, -0.2) is 23.1 Å². The Hall–Kier alpha value is -2.07. The zero-order valence-electron chi connectivity index (χ0n) is 11.1. The number of carbonyl (C=O) groups excluding carboxylic acids is 1. The minimum absolute atomic E-state index is 0.00503. The van der Waals surface area contributed by atoms with Gasteiger partial charge in [-0.1, -0.05) is 30.3 Å². The average molecular weight is 258 g/mol. The van der Waals surface area contributed by atoms with E-state index in [-0.39, 0.29) is 17.2 Å². The Labute approximate surface area is 112 Å². The van der Waals surface area contributed by atoms with Gasteiger partial charge < -0.3 is 16.2 Å². The third-order valence-corrected chi connectivity index (χ3v) is 2.85. The summed E-state index contributed by atoms with van der Waals surface area (Å²) in [6, 6.07) is 10.8. The van der Waals surface area contributed by atoms with Crippen molar-refractivity contribution >= 4 is 16.7 Å². The number of phenolic OH excluding ortho intramolecular Hbond substituents is 1. The van der Waals surface area contributed by atoms with E-state index < -0.39 is 5.54 Å². The van der Waals surface area contributed by atoms with E-state index in [4.69, 9.17) is 5.73 Å². The molecule has 2 aromatic rings. The number of hydrogen-bond donors (Lipinski definition) is 3. The van der Waals surface area contributed by atoms with Crippen LogP contribution in [0.1, 0.15) is 24.2 Å². The topological polar surface area (TPSA) is 75.3 Å². The summed E-state index contributed by atoms with van der Waals surface area (Å²) in [6.07, 6.45) is 0. The summed E-state index contributed by atoms with van der Waals surface area (Å²) < 4.78 is 0. The van der Waals surface area contributed by atoms with Crippen molar-refractivity contribution in [2.24, 2.45) is 5.73 Å². The molecule has 0 saturated heterocycles. The number of carbonyl (C=O) groups is 1. The third-order valence-electron chi connectivity index (χ3n) is 2.85. The molecular weight excluding hydrogens is 240 g/mol. The lowest BCUT2D eigenvalue weighted by molar-refractivity contribution is 0.0943. The van der Waals surface area contributed by atoms with Crippen LogP contribution in [0.5, 0.6) is 5.75 Å². The molecule has 19 heavy (non-hydrogen) atoms. The Morgan fingerprint density at radius 1 is 1.26 bits per heavy atom. The fraction of sp³-hybridized carbons (Fsp3) is 0.267. The van der Waals surface area contributed by atoms with E-state index in [9.17, 15) is 9.90 Å². The molecular formula is C15H18N2O2. The standard InChI is InChI=1S/C15H18N2O2/c1-15(2,16)9-17-14(19)12-8-7-10-5-3-4-6-11(10)13(12)18/h3-8,18H,9,16H2,1-2H3,(H,17,19). The summed E-state index contributed by atoms with van der Waals surface area (Å²) >= 11 is 0. The van der Waals surface area contributed by atoms with Crippen LogP contribution >= 0.6 is 0 Å². The van der Waals surface area contributed by atoms with Gasteiger partial charge in [0.1, 0.15) is 5.75 Å². The zero-order chi connectivity index (χ0) is 14.0. The molecule has 2 aromatic carbocycles. The van der Waals surface area contributed by atoms with Crippen molar-refractivity contribution < 1.29 is 9.90 Å². The Bertz CT molecular complexity index is 615. The lowest BCUT2D eigenvalue weighted by atomic mass is 10.0. The van der Waals surface area contributed by atoms with E-state index in [1.807, 2.05) is 38.1 Å². The van der Waals surface area contributed by atoms with Crippen LogP contribution in [0.3, 0.4) is 0 Å². The van der Waals surface area contributed by atoms with Gasteiger partial charge in [-0.25, -0.2) is 0 Å². The molecule has 100 valence electrons. The molecule has 0 spiro atoms. The Balaban J connectivity index is 2.30. The van der Waals surface area contributed by atoms with Crippen LogP contribution in [0.4, 0.5) is 0 Å². The van der Waals surface area contributed by atoms with Gasteiger partial charge in [0.15, 0.2) is 0 Å². The van der Waals surface area contributed by atoms with E-state index in [0.29, 0.717) is 11.9 Å². The van der Waals surface area contributed by atoms with Crippen molar-refractivity contribution in [3.63, 3.8) is 0 Å². The molecule has 0 unspecified atom stereocenters. The van der Waals surface area contributed by atoms with Gasteiger partial charge in [-0.3, -0.25) is 4.79 Å². The van der Waals surface area contributed by atoms with Gasteiger partial charge in [-0.05, 0) is 25.3 Å². The largest absolute Gasteiger partial charge is 0.506 e. The fourth-order valence-electron chi connectivity index (χ4n) is 1.84. The minimum atomic E-state index is -0.484. The molecule has 4 heteroatoms. The number of amides is 1. The summed E-state index contributed by atoms with van der Waals surface area (Å²) in [5.74, 6) is -0.313. The van der Waals surface area contributed by atoms with Gasteiger partial charge in [-0.2, -0.15) is 0 Å². The third kappa shape index (κ3) is 3.03. The maximum absolute atomic E-state index is 12.0. The molecule has 0 aliphatic carbocycles. The Morgan fingerprint density at radius 3 is 2.63 bits per heavy atom. The second-order valence-electron chi connectivity index (χ2n) is 5.35. The summed E-state index contributed by atoms with van der Waals surface area (Å²) in [7, 11) is 0. The molecule has 0 aliphatic heterocycles. The highest BCUT2D eigenvalue weighted by Gasteiger charge is 2.16. The van der Waals surface area contributed by atoms with Crippen LogP contribution in [0.2, 0.25) is 0 Å². The SMILES string of the molecule is CC(C)(N)CNC(=O)c1ccc2ccccc2c1O. The number of phenols is 1. The van der Waals surface area contributed by atoms with Gasteiger partial charge in [0.05, 0.1) is 5.56 Å². The highest BCUT2D eigenvalue weighted by Crippen LogP contribution is 2.28. The van der Waals surface area contributed by atoms with Crippen molar-refractivity contribution in [2.75, 3.05) is 6.54 Å². The lowest BCUT2D eigenvalue weighted by Gasteiger charge is -2.19. The molecule has 0 heterocycles. The summed E-state index contributed by atoms with van der Waals surface area (Å²) in [6.45, 7) is 4.00. The number of fused-ring (bicyclic) bond motifs is 1. The van der Waals surface area contributed by atoms with E-state index in [1.165, 1.54) is 0 Å². The number of nitrogens with one attached hydrogen (secondary N) is 1. The second kappa shape index (κ2) is 4.90. The molecule has 0 bridgehead atoms. The van der Waals surface area contributed by atoms with E-state index in [0.717, 1.165) is 5.39 Å². The fourth-order valence-corrected chi connectivity index (χ4v) is 1.84. The molecule has 4 N–H and O–H groups in total. The van der Waals surface area contributed by atoms with Gasteiger partial charge in [0.25, 0.3) is 5.91 Å².